The molecule has 0 bridgehead atoms. The van der Waals surface area contributed by atoms with Gasteiger partial charge < -0.3 is 9.72 Å². The highest BCUT2D eigenvalue weighted by Crippen LogP contribution is 2.15. The Balaban J connectivity index is 2.23. The number of rotatable bonds is 7. The average Bonchev–Trinajstić information content (AvgIpc) is 2.97. The van der Waals surface area contributed by atoms with Gasteiger partial charge in [0, 0.05) is 19.7 Å². The fourth-order valence-corrected chi connectivity index (χ4v) is 2.97. The predicted molar refractivity (Wildman–Crippen MR) is 77.1 cm³/mol. The summed E-state index contributed by atoms with van der Waals surface area (Å²) in [5.41, 5.74) is 0.596. The molecule has 0 aliphatic rings. The maximum atomic E-state index is 12.4. The molecule has 0 saturated carbocycles. The lowest BCUT2D eigenvalue weighted by atomic mass is 10.2. The molecule has 7 nitrogen and oxygen atoms in total. The van der Waals surface area contributed by atoms with Gasteiger partial charge in [-0.1, -0.05) is 13.0 Å². The number of nitrogens with zero attached hydrogens (tertiary/aromatic N) is 2. The molecule has 8 heteroatoms. The van der Waals surface area contributed by atoms with E-state index in [0.29, 0.717) is 17.9 Å². The molecule has 0 radical (unpaired) electrons. The molecular formula is C13H18N4O3S. The lowest BCUT2D eigenvalue weighted by Gasteiger charge is -2.16. The van der Waals surface area contributed by atoms with Crippen LogP contribution >= 0.6 is 0 Å². The largest absolute Gasteiger partial charge is 0.383 e. The van der Waals surface area contributed by atoms with E-state index in [9.17, 15) is 8.42 Å². The number of methoxy groups -OCH3 is 1. The highest BCUT2D eigenvalue weighted by molar-refractivity contribution is 7.89. The molecule has 0 saturated heterocycles. The molecule has 0 amide bonds. The summed E-state index contributed by atoms with van der Waals surface area (Å²) < 4.78 is 32.4. The van der Waals surface area contributed by atoms with Gasteiger partial charge in [0.25, 0.3) is 10.0 Å². The summed E-state index contributed by atoms with van der Waals surface area (Å²) in [5, 5.41) is 0.0383. The molecule has 2 rings (SSSR count). The highest BCUT2D eigenvalue weighted by Gasteiger charge is 2.23. The molecule has 0 aromatic carbocycles. The summed E-state index contributed by atoms with van der Waals surface area (Å²) >= 11 is 0. The average molecular weight is 310 g/mol. The molecule has 0 aliphatic heterocycles. The van der Waals surface area contributed by atoms with Gasteiger partial charge in [-0.3, -0.25) is 4.98 Å². The molecule has 2 aromatic heterocycles. The molecule has 2 aromatic rings. The Morgan fingerprint density at radius 1 is 1.38 bits per heavy atom. The zero-order valence-electron chi connectivity index (χ0n) is 11.9. The number of ether oxygens (including phenoxy) is 1. The second-order valence-corrected chi connectivity index (χ2v) is 6.11. The number of hydrogen-bond acceptors (Lipinski definition) is 5. The lowest BCUT2D eigenvalue weighted by Crippen LogP contribution is -2.32. The third-order valence-electron chi connectivity index (χ3n) is 2.91. The summed E-state index contributed by atoms with van der Waals surface area (Å²) in [4.78, 5) is 10.9. The van der Waals surface area contributed by atoms with Gasteiger partial charge in [0.1, 0.15) is 5.82 Å². The number of H-pyrrole nitrogens is 1. The van der Waals surface area contributed by atoms with Gasteiger partial charge in [0.2, 0.25) is 0 Å². The van der Waals surface area contributed by atoms with Crippen molar-refractivity contribution in [1.82, 2.24) is 19.7 Å². The number of imidazole rings is 1. The first-order valence-electron chi connectivity index (χ1n) is 6.53. The van der Waals surface area contributed by atoms with Crippen molar-refractivity contribution in [3.8, 4) is 0 Å². The van der Waals surface area contributed by atoms with Gasteiger partial charge in [0.15, 0.2) is 5.03 Å². The molecule has 0 unspecified atom stereocenters. The first-order valence-corrected chi connectivity index (χ1v) is 8.01. The van der Waals surface area contributed by atoms with Crippen LogP contribution in [-0.2, 0) is 21.2 Å². The van der Waals surface area contributed by atoms with Crippen molar-refractivity contribution in [3.05, 3.63) is 42.1 Å². The molecule has 2 N–H and O–H groups in total. The van der Waals surface area contributed by atoms with E-state index in [4.69, 9.17) is 4.74 Å². The maximum Gasteiger partial charge on any atom is 0.258 e. The van der Waals surface area contributed by atoms with Crippen molar-refractivity contribution < 1.29 is 13.2 Å². The van der Waals surface area contributed by atoms with Crippen LogP contribution in [-0.4, -0.2) is 37.1 Å². The van der Waals surface area contributed by atoms with Gasteiger partial charge in [-0.2, -0.15) is 4.72 Å². The summed E-state index contributed by atoms with van der Waals surface area (Å²) in [6.45, 7) is 2.08. The van der Waals surface area contributed by atoms with Crippen molar-refractivity contribution in [2.45, 2.75) is 24.4 Å². The van der Waals surface area contributed by atoms with Crippen molar-refractivity contribution in [2.75, 3.05) is 13.7 Å². The number of nitrogens with one attached hydrogen (secondary N) is 2. The lowest BCUT2D eigenvalue weighted by molar-refractivity contribution is 0.174. The van der Waals surface area contributed by atoms with E-state index in [-0.39, 0.29) is 11.6 Å². The van der Waals surface area contributed by atoms with Crippen LogP contribution in [0.15, 0.2) is 35.6 Å². The molecular weight excluding hydrogens is 292 g/mol. The number of hydrogen-bond donors (Lipinski definition) is 2. The Kier molecular flexibility index (Phi) is 5.05. The minimum Gasteiger partial charge on any atom is -0.383 e. The van der Waals surface area contributed by atoms with Crippen LogP contribution < -0.4 is 4.72 Å². The van der Waals surface area contributed by atoms with Crippen LogP contribution in [0.25, 0.3) is 0 Å². The molecule has 0 spiro atoms. The van der Waals surface area contributed by atoms with E-state index < -0.39 is 16.1 Å². The van der Waals surface area contributed by atoms with E-state index >= 15 is 0 Å². The molecule has 0 aliphatic carbocycles. The smallest absolute Gasteiger partial charge is 0.258 e. The standard InChI is InChI=1S/C13H18N4O3S/c1-3-12-15-8-13(16-12)21(18,19)17-11(9-20-2)10-6-4-5-7-14-10/h4-8,11,17H,3,9H2,1-2H3,(H,15,16)/t11-/m1/s1. The van der Waals surface area contributed by atoms with E-state index in [1.165, 1.54) is 13.3 Å². The van der Waals surface area contributed by atoms with Crippen LogP contribution in [0.2, 0.25) is 0 Å². The third kappa shape index (κ3) is 3.87. The van der Waals surface area contributed by atoms with Gasteiger partial charge in [0.05, 0.1) is 24.5 Å². The summed E-state index contributed by atoms with van der Waals surface area (Å²) in [6, 6.07) is 4.75. The van der Waals surface area contributed by atoms with Crippen LogP contribution in [0.4, 0.5) is 0 Å². The van der Waals surface area contributed by atoms with Crippen molar-refractivity contribution in [1.29, 1.82) is 0 Å². The molecule has 114 valence electrons. The number of aromatic nitrogens is 3. The summed E-state index contributed by atoms with van der Waals surface area (Å²) in [5.74, 6) is 0.622. The maximum absolute atomic E-state index is 12.4. The number of pyridine rings is 1. The first-order chi connectivity index (χ1) is 10.1. The van der Waals surface area contributed by atoms with E-state index in [1.807, 2.05) is 6.92 Å². The van der Waals surface area contributed by atoms with E-state index in [1.54, 1.807) is 24.4 Å². The third-order valence-corrected chi connectivity index (χ3v) is 4.29. The van der Waals surface area contributed by atoms with Crippen LogP contribution in [0.5, 0.6) is 0 Å². The second-order valence-electron chi connectivity index (χ2n) is 4.43. The Morgan fingerprint density at radius 2 is 2.19 bits per heavy atom. The Hall–Kier alpha value is -1.77. The highest BCUT2D eigenvalue weighted by atomic mass is 32.2. The minimum absolute atomic E-state index is 0.0383. The topological polar surface area (TPSA) is 97.0 Å². The van der Waals surface area contributed by atoms with E-state index in [0.717, 1.165) is 0 Å². The molecule has 2 heterocycles. The summed E-state index contributed by atoms with van der Waals surface area (Å²) in [6.07, 6.45) is 3.55. The number of aromatic amines is 1. The van der Waals surface area contributed by atoms with Gasteiger partial charge in [-0.15, -0.1) is 0 Å². The van der Waals surface area contributed by atoms with E-state index in [2.05, 4.69) is 19.7 Å². The van der Waals surface area contributed by atoms with Gasteiger partial charge in [-0.05, 0) is 12.1 Å². The fourth-order valence-electron chi connectivity index (χ4n) is 1.84. The zero-order chi connectivity index (χ0) is 15.3. The Labute approximate surface area is 123 Å². The monoisotopic (exact) mass is 310 g/mol. The Morgan fingerprint density at radius 3 is 2.76 bits per heavy atom. The normalized spacial score (nSPS) is 13.2. The fraction of sp³-hybridized carbons (Fsp3) is 0.385. The first kappa shape index (κ1) is 15.6. The minimum atomic E-state index is -3.71. The van der Waals surface area contributed by atoms with Crippen LogP contribution in [0.1, 0.15) is 24.5 Å². The number of sulfonamides is 1. The van der Waals surface area contributed by atoms with Crippen LogP contribution in [0.3, 0.4) is 0 Å². The Bertz CT molecular complexity index is 670. The van der Waals surface area contributed by atoms with Gasteiger partial charge >= 0.3 is 0 Å². The predicted octanol–water partition coefficient (Wildman–Crippen LogP) is 1.03. The zero-order valence-corrected chi connectivity index (χ0v) is 12.7. The van der Waals surface area contributed by atoms with Crippen LogP contribution in [0, 0.1) is 0 Å². The van der Waals surface area contributed by atoms with Crippen molar-refractivity contribution >= 4 is 10.0 Å². The molecule has 21 heavy (non-hydrogen) atoms. The molecule has 0 fully saturated rings. The second kappa shape index (κ2) is 6.79. The number of aryl methyl sites for hydroxylation is 1. The quantitative estimate of drug-likeness (QED) is 0.796. The van der Waals surface area contributed by atoms with Gasteiger partial charge in [-0.25, -0.2) is 13.4 Å². The molecule has 1 atom stereocenters. The van der Waals surface area contributed by atoms with Crippen molar-refractivity contribution in [3.63, 3.8) is 0 Å². The summed E-state index contributed by atoms with van der Waals surface area (Å²) in [7, 11) is -2.20. The SMILES string of the molecule is CCc1ncc(S(=O)(=O)N[C@H](COC)c2ccccn2)[nH]1. The van der Waals surface area contributed by atoms with Crippen molar-refractivity contribution in [2.24, 2.45) is 0 Å².